The fourth-order valence-corrected chi connectivity index (χ4v) is 2.01. The van der Waals surface area contributed by atoms with Crippen LogP contribution in [0.4, 0.5) is 0 Å². The molecule has 1 unspecified atom stereocenters. The smallest absolute Gasteiger partial charge is 0.178 e. The third kappa shape index (κ3) is 2.41. The molecule has 2 heterocycles. The minimum Gasteiger partial charge on any atom is -0.331 e. The van der Waals surface area contributed by atoms with E-state index in [2.05, 4.69) is 34.1 Å². The van der Waals surface area contributed by atoms with Crippen LogP contribution in [0.25, 0.3) is 11.5 Å². The fraction of sp³-hybridized carbons (Fsp3) is 0.462. The van der Waals surface area contributed by atoms with Crippen molar-refractivity contribution in [3.8, 4) is 11.5 Å². The van der Waals surface area contributed by atoms with Crippen molar-refractivity contribution in [1.82, 2.24) is 24.8 Å². The second kappa shape index (κ2) is 5.27. The molecular weight excluding hydrogens is 226 g/mol. The van der Waals surface area contributed by atoms with Gasteiger partial charge in [-0.1, -0.05) is 6.92 Å². The standard InChI is InChI=1S/C13H19N5/c1-5-15-9(2)11-6-16-13(17-10(11)3)12-7-14-8-18(12)4/h6-9,15H,5H2,1-4H3. The summed E-state index contributed by atoms with van der Waals surface area (Å²) < 4.78 is 1.92. The maximum Gasteiger partial charge on any atom is 0.178 e. The third-order valence-electron chi connectivity index (χ3n) is 3.04. The molecule has 5 nitrogen and oxygen atoms in total. The molecule has 0 saturated carbocycles. The number of nitrogens with zero attached hydrogens (tertiary/aromatic N) is 4. The lowest BCUT2D eigenvalue weighted by Gasteiger charge is -2.14. The number of aryl methyl sites for hydroxylation is 2. The maximum absolute atomic E-state index is 4.57. The number of nitrogens with one attached hydrogen (secondary N) is 1. The first-order valence-electron chi connectivity index (χ1n) is 6.17. The molecule has 2 aromatic heterocycles. The van der Waals surface area contributed by atoms with Crippen LogP contribution in [0, 0.1) is 6.92 Å². The molecule has 18 heavy (non-hydrogen) atoms. The zero-order valence-corrected chi connectivity index (χ0v) is 11.3. The molecule has 0 saturated heterocycles. The van der Waals surface area contributed by atoms with Gasteiger partial charge in [0.2, 0.25) is 0 Å². The van der Waals surface area contributed by atoms with Crippen molar-refractivity contribution in [1.29, 1.82) is 0 Å². The number of rotatable bonds is 4. The quantitative estimate of drug-likeness (QED) is 0.893. The molecule has 0 fully saturated rings. The van der Waals surface area contributed by atoms with Gasteiger partial charge < -0.3 is 9.88 Å². The van der Waals surface area contributed by atoms with E-state index < -0.39 is 0 Å². The molecule has 0 aliphatic heterocycles. The van der Waals surface area contributed by atoms with Crippen LogP contribution in [-0.4, -0.2) is 26.1 Å². The molecule has 0 aliphatic carbocycles. The van der Waals surface area contributed by atoms with E-state index in [0.29, 0.717) is 0 Å². The number of hydrogen-bond acceptors (Lipinski definition) is 4. The van der Waals surface area contributed by atoms with Crippen LogP contribution in [0.2, 0.25) is 0 Å². The minimum absolute atomic E-state index is 0.274. The van der Waals surface area contributed by atoms with E-state index in [1.54, 1.807) is 12.5 Å². The lowest BCUT2D eigenvalue weighted by atomic mass is 10.1. The van der Waals surface area contributed by atoms with Gasteiger partial charge in [0.25, 0.3) is 0 Å². The van der Waals surface area contributed by atoms with Crippen LogP contribution in [0.5, 0.6) is 0 Å². The molecule has 0 amide bonds. The van der Waals surface area contributed by atoms with Gasteiger partial charge in [0.05, 0.1) is 12.5 Å². The highest BCUT2D eigenvalue weighted by Crippen LogP contribution is 2.19. The van der Waals surface area contributed by atoms with Crippen LogP contribution in [0.15, 0.2) is 18.7 Å². The molecule has 2 aromatic rings. The second-order valence-electron chi connectivity index (χ2n) is 4.40. The third-order valence-corrected chi connectivity index (χ3v) is 3.04. The first-order valence-corrected chi connectivity index (χ1v) is 6.17. The molecule has 0 bridgehead atoms. The first kappa shape index (κ1) is 12.7. The van der Waals surface area contributed by atoms with Gasteiger partial charge in [-0.2, -0.15) is 0 Å². The Morgan fingerprint density at radius 3 is 2.72 bits per heavy atom. The zero-order valence-electron chi connectivity index (χ0n) is 11.3. The van der Waals surface area contributed by atoms with E-state index in [1.807, 2.05) is 24.7 Å². The minimum atomic E-state index is 0.274. The number of hydrogen-bond donors (Lipinski definition) is 1. The van der Waals surface area contributed by atoms with Crippen LogP contribution < -0.4 is 5.32 Å². The normalized spacial score (nSPS) is 12.7. The first-order chi connectivity index (χ1) is 8.63. The zero-order chi connectivity index (χ0) is 13.1. The Balaban J connectivity index is 2.33. The van der Waals surface area contributed by atoms with Crippen molar-refractivity contribution in [2.24, 2.45) is 7.05 Å². The van der Waals surface area contributed by atoms with Gasteiger partial charge in [-0.3, -0.25) is 0 Å². The summed E-state index contributed by atoms with van der Waals surface area (Å²) in [5.74, 6) is 0.722. The summed E-state index contributed by atoms with van der Waals surface area (Å²) in [4.78, 5) is 13.1. The average molecular weight is 245 g/mol. The molecular formula is C13H19N5. The average Bonchev–Trinajstić information content (AvgIpc) is 2.75. The second-order valence-corrected chi connectivity index (χ2v) is 4.40. The summed E-state index contributed by atoms with van der Waals surface area (Å²) in [7, 11) is 1.94. The molecule has 96 valence electrons. The van der Waals surface area contributed by atoms with E-state index in [4.69, 9.17) is 0 Å². The van der Waals surface area contributed by atoms with E-state index in [-0.39, 0.29) is 6.04 Å². The Hall–Kier alpha value is -1.75. The number of imidazole rings is 1. The van der Waals surface area contributed by atoms with Gasteiger partial charge in [-0.25, -0.2) is 15.0 Å². The summed E-state index contributed by atoms with van der Waals surface area (Å²) >= 11 is 0. The van der Waals surface area contributed by atoms with Gasteiger partial charge in [0, 0.05) is 30.5 Å². The van der Waals surface area contributed by atoms with E-state index in [1.165, 1.54) is 0 Å². The summed E-state index contributed by atoms with van der Waals surface area (Å²) in [5.41, 5.74) is 3.08. The highest BCUT2D eigenvalue weighted by Gasteiger charge is 2.12. The fourth-order valence-electron chi connectivity index (χ4n) is 2.01. The number of aromatic nitrogens is 4. The Labute approximate surface area is 107 Å². The summed E-state index contributed by atoms with van der Waals surface area (Å²) in [6.07, 6.45) is 5.43. The van der Waals surface area contributed by atoms with Gasteiger partial charge in [-0.05, 0) is 20.4 Å². The topological polar surface area (TPSA) is 55.6 Å². The molecule has 0 aromatic carbocycles. The van der Waals surface area contributed by atoms with Crippen molar-refractivity contribution < 1.29 is 0 Å². The lowest BCUT2D eigenvalue weighted by molar-refractivity contribution is 0.590. The van der Waals surface area contributed by atoms with Crippen molar-refractivity contribution in [3.05, 3.63) is 30.0 Å². The summed E-state index contributed by atoms with van der Waals surface area (Å²) in [6.45, 7) is 7.17. The van der Waals surface area contributed by atoms with Crippen molar-refractivity contribution in [2.45, 2.75) is 26.8 Å². The van der Waals surface area contributed by atoms with Gasteiger partial charge in [0.15, 0.2) is 5.82 Å². The Kier molecular flexibility index (Phi) is 3.72. The predicted octanol–water partition coefficient (Wildman–Crippen LogP) is 1.86. The Morgan fingerprint density at radius 2 is 2.17 bits per heavy atom. The molecule has 1 atom stereocenters. The van der Waals surface area contributed by atoms with Crippen molar-refractivity contribution in [2.75, 3.05) is 6.54 Å². The van der Waals surface area contributed by atoms with Crippen LogP contribution in [-0.2, 0) is 7.05 Å². The van der Waals surface area contributed by atoms with E-state index in [9.17, 15) is 0 Å². The molecule has 0 aliphatic rings. The SMILES string of the molecule is CCNC(C)c1cnc(-c2cncn2C)nc1C. The maximum atomic E-state index is 4.57. The molecule has 2 rings (SSSR count). The van der Waals surface area contributed by atoms with Crippen LogP contribution in [0.1, 0.15) is 31.1 Å². The lowest BCUT2D eigenvalue weighted by Crippen LogP contribution is -2.19. The van der Waals surface area contributed by atoms with Gasteiger partial charge >= 0.3 is 0 Å². The van der Waals surface area contributed by atoms with Gasteiger partial charge in [0.1, 0.15) is 5.69 Å². The summed E-state index contributed by atoms with van der Waals surface area (Å²) in [5, 5.41) is 3.37. The van der Waals surface area contributed by atoms with Crippen molar-refractivity contribution >= 4 is 0 Å². The van der Waals surface area contributed by atoms with Crippen LogP contribution in [0.3, 0.4) is 0 Å². The largest absolute Gasteiger partial charge is 0.331 e. The van der Waals surface area contributed by atoms with Crippen LogP contribution >= 0.6 is 0 Å². The highest BCUT2D eigenvalue weighted by molar-refractivity contribution is 5.48. The molecule has 5 heteroatoms. The monoisotopic (exact) mass is 245 g/mol. The van der Waals surface area contributed by atoms with Gasteiger partial charge in [-0.15, -0.1) is 0 Å². The Bertz CT molecular complexity index is 532. The highest BCUT2D eigenvalue weighted by atomic mass is 15.1. The van der Waals surface area contributed by atoms with Crippen molar-refractivity contribution in [3.63, 3.8) is 0 Å². The van der Waals surface area contributed by atoms with E-state index >= 15 is 0 Å². The van der Waals surface area contributed by atoms with E-state index in [0.717, 1.165) is 29.3 Å². The Morgan fingerprint density at radius 1 is 1.39 bits per heavy atom. The molecule has 0 spiro atoms. The predicted molar refractivity (Wildman–Crippen MR) is 71.1 cm³/mol. The molecule has 1 N–H and O–H groups in total. The molecule has 0 radical (unpaired) electrons. The summed E-state index contributed by atoms with van der Waals surface area (Å²) in [6, 6.07) is 0.274.